The highest BCUT2D eigenvalue weighted by Crippen LogP contribution is 2.33. The van der Waals surface area contributed by atoms with Gasteiger partial charge in [0.15, 0.2) is 0 Å². The van der Waals surface area contributed by atoms with Gasteiger partial charge in [-0.25, -0.2) is 4.79 Å². The van der Waals surface area contributed by atoms with Crippen LogP contribution in [0.2, 0.25) is 0 Å². The van der Waals surface area contributed by atoms with Gasteiger partial charge in [0.2, 0.25) is 0 Å². The number of fused-ring (bicyclic) bond motifs is 3. The van der Waals surface area contributed by atoms with Crippen molar-refractivity contribution in [3.05, 3.63) is 30.5 Å². The summed E-state index contributed by atoms with van der Waals surface area (Å²) in [6.45, 7) is 0.896. The van der Waals surface area contributed by atoms with E-state index in [9.17, 15) is 4.79 Å². The molecule has 0 aliphatic heterocycles. The Morgan fingerprint density at radius 3 is 3.06 bits per heavy atom. The highest BCUT2D eigenvalue weighted by atomic mass is 32.1. The average Bonchev–Trinajstić information content (AvgIpc) is 2.88. The lowest BCUT2D eigenvalue weighted by Gasteiger charge is -2.03. The van der Waals surface area contributed by atoms with Crippen LogP contribution in [0.1, 0.15) is 0 Å². The normalized spacial score (nSPS) is 11.1. The standard InChI is InChI=1S/C12H11N3O2S/c16-12(17)13-5-6-15-11-8-3-1-2-4-9(8)18-10(11)7-14-15/h1-4,7,13H,5-6H2,(H,16,17). The van der Waals surface area contributed by atoms with Crippen molar-refractivity contribution < 1.29 is 9.90 Å². The Kier molecular flexibility index (Phi) is 2.64. The number of nitrogens with zero attached hydrogens (tertiary/aromatic N) is 2. The third-order valence-corrected chi connectivity index (χ3v) is 3.86. The lowest BCUT2D eigenvalue weighted by molar-refractivity contribution is 0.194. The molecular formula is C12H11N3O2S. The molecule has 0 bridgehead atoms. The molecule has 0 aliphatic rings. The molecule has 0 aliphatic carbocycles. The summed E-state index contributed by atoms with van der Waals surface area (Å²) in [6.07, 6.45) is 0.828. The summed E-state index contributed by atoms with van der Waals surface area (Å²) < 4.78 is 4.21. The van der Waals surface area contributed by atoms with E-state index in [1.54, 1.807) is 11.3 Å². The smallest absolute Gasteiger partial charge is 0.404 e. The number of carboxylic acid groups (broad SMARTS) is 1. The Morgan fingerprint density at radius 1 is 1.39 bits per heavy atom. The minimum Gasteiger partial charge on any atom is -0.465 e. The van der Waals surface area contributed by atoms with Crippen LogP contribution in [0.25, 0.3) is 20.3 Å². The second-order valence-electron chi connectivity index (χ2n) is 3.91. The maximum Gasteiger partial charge on any atom is 0.404 e. The third-order valence-electron chi connectivity index (χ3n) is 2.77. The van der Waals surface area contributed by atoms with Gasteiger partial charge in [-0.2, -0.15) is 5.10 Å². The number of amides is 1. The van der Waals surface area contributed by atoms with Gasteiger partial charge in [0.1, 0.15) is 0 Å². The van der Waals surface area contributed by atoms with Crippen LogP contribution in [-0.2, 0) is 6.54 Å². The van der Waals surface area contributed by atoms with E-state index in [2.05, 4.69) is 22.5 Å². The van der Waals surface area contributed by atoms with E-state index in [-0.39, 0.29) is 0 Å². The van der Waals surface area contributed by atoms with Crippen LogP contribution in [0.3, 0.4) is 0 Å². The highest BCUT2D eigenvalue weighted by Gasteiger charge is 2.10. The van der Waals surface area contributed by atoms with Crippen molar-refractivity contribution in [2.24, 2.45) is 0 Å². The van der Waals surface area contributed by atoms with Crippen molar-refractivity contribution in [3.63, 3.8) is 0 Å². The number of rotatable bonds is 3. The Hall–Kier alpha value is -2.08. The molecule has 0 saturated heterocycles. The molecule has 1 aromatic carbocycles. The average molecular weight is 261 g/mol. The van der Waals surface area contributed by atoms with Gasteiger partial charge in [-0.3, -0.25) is 4.68 Å². The monoisotopic (exact) mass is 261 g/mol. The summed E-state index contributed by atoms with van der Waals surface area (Å²) in [7, 11) is 0. The lowest BCUT2D eigenvalue weighted by Crippen LogP contribution is -2.25. The molecule has 0 radical (unpaired) electrons. The van der Waals surface area contributed by atoms with Gasteiger partial charge in [-0.15, -0.1) is 11.3 Å². The highest BCUT2D eigenvalue weighted by molar-refractivity contribution is 7.25. The fourth-order valence-electron chi connectivity index (χ4n) is 2.02. The molecule has 0 atom stereocenters. The minimum absolute atomic E-state index is 0.357. The van der Waals surface area contributed by atoms with Gasteiger partial charge >= 0.3 is 6.09 Å². The molecular weight excluding hydrogens is 250 g/mol. The van der Waals surface area contributed by atoms with E-state index in [0.29, 0.717) is 13.1 Å². The summed E-state index contributed by atoms with van der Waals surface area (Å²) in [6, 6.07) is 8.17. The van der Waals surface area contributed by atoms with E-state index >= 15 is 0 Å². The molecule has 1 amide bonds. The number of aromatic nitrogens is 2. The largest absolute Gasteiger partial charge is 0.465 e. The van der Waals surface area contributed by atoms with Crippen molar-refractivity contribution in [2.75, 3.05) is 6.54 Å². The molecule has 0 saturated carbocycles. The Morgan fingerprint density at radius 2 is 2.22 bits per heavy atom. The molecule has 5 nitrogen and oxygen atoms in total. The van der Waals surface area contributed by atoms with Crippen LogP contribution in [0.5, 0.6) is 0 Å². The zero-order valence-corrected chi connectivity index (χ0v) is 10.3. The van der Waals surface area contributed by atoms with Crippen LogP contribution in [0.15, 0.2) is 30.5 Å². The SMILES string of the molecule is O=C(O)NCCn1ncc2sc3ccccc3c21. The molecule has 18 heavy (non-hydrogen) atoms. The second-order valence-corrected chi connectivity index (χ2v) is 4.99. The number of benzene rings is 1. The van der Waals surface area contributed by atoms with Crippen LogP contribution < -0.4 is 5.32 Å². The molecule has 3 aromatic rings. The van der Waals surface area contributed by atoms with E-state index in [1.807, 2.05) is 23.0 Å². The predicted octanol–water partition coefficient (Wildman–Crippen LogP) is 2.52. The molecule has 2 heterocycles. The molecule has 0 fully saturated rings. The van der Waals surface area contributed by atoms with Crippen LogP contribution in [0, 0.1) is 0 Å². The van der Waals surface area contributed by atoms with E-state index in [4.69, 9.17) is 5.11 Å². The molecule has 2 N–H and O–H groups in total. The van der Waals surface area contributed by atoms with Crippen LogP contribution in [-0.4, -0.2) is 27.5 Å². The minimum atomic E-state index is -1.01. The van der Waals surface area contributed by atoms with Crippen molar-refractivity contribution in [1.82, 2.24) is 15.1 Å². The predicted molar refractivity (Wildman–Crippen MR) is 71.1 cm³/mol. The Labute approximate surface area is 107 Å². The van der Waals surface area contributed by atoms with Crippen molar-refractivity contribution >= 4 is 37.7 Å². The topological polar surface area (TPSA) is 67.2 Å². The molecule has 2 aromatic heterocycles. The number of nitrogens with one attached hydrogen (secondary N) is 1. The lowest BCUT2D eigenvalue weighted by atomic mass is 10.2. The summed E-state index contributed by atoms with van der Waals surface area (Å²) in [5.74, 6) is 0. The van der Waals surface area contributed by atoms with Gasteiger partial charge in [-0.1, -0.05) is 18.2 Å². The van der Waals surface area contributed by atoms with Gasteiger partial charge in [0.25, 0.3) is 0 Å². The Bertz CT molecular complexity index is 716. The fourth-order valence-corrected chi connectivity index (χ4v) is 3.09. The number of hydrogen-bond donors (Lipinski definition) is 2. The first-order chi connectivity index (χ1) is 8.75. The number of thiophene rings is 1. The number of hydrogen-bond acceptors (Lipinski definition) is 3. The zero-order valence-electron chi connectivity index (χ0n) is 9.46. The van der Waals surface area contributed by atoms with E-state index in [0.717, 1.165) is 10.2 Å². The van der Waals surface area contributed by atoms with Gasteiger partial charge in [0, 0.05) is 16.6 Å². The maximum absolute atomic E-state index is 10.4. The second kappa shape index (κ2) is 4.30. The summed E-state index contributed by atoms with van der Waals surface area (Å²) in [4.78, 5) is 10.4. The van der Waals surface area contributed by atoms with Crippen LogP contribution >= 0.6 is 11.3 Å². The van der Waals surface area contributed by atoms with Crippen molar-refractivity contribution in [3.8, 4) is 0 Å². The fraction of sp³-hybridized carbons (Fsp3) is 0.167. The first kappa shape index (κ1) is 11.0. The third kappa shape index (κ3) is 1.80. The molecule has 0 unspecified atom stereocenters. The van der Waals surface area contributed by atoms with E-state index in [1.165, 1.54) is 10.1 Å². The van der Waals surface area contributed by atoms with Gasteiger partial charge < -0.3 is 10.4 Å². The molecule has 6 heteroatoms. The van der Waals surface area contributed by atoms with E-state index < -0.39 is 6.09 Å². The first-order valence-electron chi connectivity index (χ1n) is 5.55. The van der Waals surface area contributed by atoms with Gasteiger partial charge in [0.05, 0.1) is 23.0 Å². The van der Waals surface area contributed by atoms with Crippen LogP contribution in [0.4, 0.5) is 4.79 Å². The summed E-state index contributed by atoms with van der Waals surface area (Å²) in [5, 5.41) is 16.4. The molecule has 0 spiro atoms. The first-order valence-corrected chi connectivity index (χ1v) is 6.37. The zero-order chi connectivity index (χ0) is 12.5. The summed E-state index contributed by atoms with van der Waals surface area (Å²) >= 11 is 1.70. The van der Waals surface area contributed by atoms with Crippen molar-refractivity contribution in [2.45, 2.75) is 6.54 Å². The molecule has 3 rings (SSSR count). The quantitative estimate of drug-likeness (QED) is 0.761. The van der Waals surface area contributed by atoms with Gasteiger partial charge in [-0.05, 0) is 6.07 Å². The summed E-state index contributed by atoms with van der Waals surface area (Å²) in [5.41, 5.74) is 1.09. The molecule has 92 valence electrons. The van der Waals surface area contributed by atoms with Crippen molar-refractivity contribution in [1.29, 1.82) is 0 Å². The maximum atomic E-state index is 10.4. The number of carbonyl (C=O) groups is 1. The Balaban J connectivity index is 1.99.